The van der Waals surface area contributed by atoms with E-state index in [0.29, 0.717) is 42.2 Å². The number of fused-ring (bicyclic) bond motifs is 1. The molecule has 1 fully saturated rings. The summed E-state index contributed by atoms with van der Waals surface area (Å²) in [5.41, 5.74) is 6.19. The SMILES string of the molecule is COCC1(C(=O)N2CCc3nc(Cl)nc(N[C@](C)(I)c4cc(N)cc(C(F)(F)F)c4)c3C2)CC1. The number of ether oxygens (including phenoxy) is 1. The van der Waals surface area contributed by atoms with Gasteiger partial charge in [0.25, 0.3) is 0 Å². The first kappa shape index (κ1) is 25.2. The van der Waals surface area contributed by atoms with Crippen LogP contribution in [0.25, 0.3) is 0 Å². The summed E-state index contributed by atoms with van der Waals surface area (Å²) in [6.07, 6.45) is -2.46. The number of hydrogen-bond acceptors (Lipinski definition) is 6. The van der Waals surface area contributed by atoms with Gasteiger partial charge in [0.1, 0.15) is 9.36 Å². The minimum Gasteiger partial charge on any atom is -0.399 e. The zero-order valence-electron chi connectivity index (χ0n) is 18.6. The number of carbonyl (C=O) groups is 1. The van der Waals surface area contributed by atoms with Crippen LogP contribution in [-0.4, -0.2) is 41.0 Å². The van der Waals surface area contributed by atoms with Gasteiger partial charge in [0.15, 0.2) is 0 Å². The van der Waals surface area contributed by atoms with Gasteiger partial charge in [0, 0.05) is 31.3 Å². The Balaban J connectivity index is 1.65. The minimum absolute atomic E-state index is 0.00177. The van der Waals surface area contributed by atoms with Gasteiger partial charge < -0.3 is 20.7 Å². The number of halogens is 5. The monoisotopic (exact) mass is 609 g/mol. The second-order valence-electron chi connectivity index (χ2n) is 8.93. The molecule has 12 heteroatoms. The molecule has 1 amide bonds. The van der Waals surface area contributed by atoms with Crippen molar-refractivity contribution in [1.29, 1.82) is 0 Å². The number of carbonyl (C=O) groups excluding carboxylic acids is 1. The molecule has 0 radical (unpaired) electrons. The molecule has 184 valence electrons. The number of nitrogens with one attached hydrogen (secondary N) is 1. The number of nitrogens with two attached hydrogens (primary N) is 1. The second kappa shape index (κ2) is 8.98. The van der Waals surface area contributed by atoms with Gasteiger partial charge in [-0.2, -0.15) is 13.2 Å². The topological polar surface area (TPSA) is 93.4 Å². The molecule has 2 aromatic rings. The molecule has 0 unspecified atom stereocenters. The molecule has 1 aliphatic heterocycles. The molecule has 0 spiro atoms. The van der Waals surface area contributed by atoms with Crippen molar-refractivity contribution in [1.82, 2.24) is 14.9 Å². The van der Waals surface area contributed by atoms with E-state index in [9.17, 15) is 18.0 Å². The lowest BCUT2D eigenvalue weighted by Gasteiger charge is -2.34. The number of rotatable bonds is 6. The lowest BCUT2D eigenvalue weighted by atomic mass is 10.0. The average Bonchev–Trinajstić information content (AvgIpc) is 3.52. The number of aromatic nitrogens is 2. The van der Waals surface area contributed by atoms with Gasteiger partial charge in [-0.15, -0.1) is 0 Å². The van der Waals surface area contributed by atoms with Gasteiger partial charge in [0.2, 0.25) is 11.2 Å². The predicted octanol–water partition coefficient (Wildman–Crippen LogP) is 4.76. The van der Waals surface area contributed by atoms with Crippen LogP contribution in [0.2, 0.25) is 5.28 Å². The molecule has 34 heavy (non-hydrogen) atoms. The number of methoxy groups -OCH3 is 1. The first-order valence-corrected chi connectivity index (χ1v) is 12.1. The molecule has 1 aromatic carbocycles. The van der Waals surface area contributed by atoms with E-state index in [2.05, 4.69) is 15.3 Å². The quantitative estimate of drug-likeness (QED) is 0.161. The molecule has 3 N–H and O–H groups in total. The van der Waals surface area contributed by atoms with E-state index < -0.39 is 20.7 Å². The van der Waals surface area contributed by atoms with Crippen molar-refractivity contribution in [3.8, 4) is 0 Å². The largest absolute Gasteiger partial charge is 0.416 e. The van der Waals surface area contributed by atoms with Crippen molar-refractivity contribution in [2.75, 3.05) is 31.3 Å². The van der Waals surface area contributed by atoms with Gasteiger partial charge in [-0.05, 0) is 77.7 Å². The van der Waals surface area contributed by atoms with E-state index >= 15 is 0 Å². The first-order valence-electron chi connectivity index (χ1n) is 10.6. The fraction of sp³-hybridized carbons (Fsp3) is 0.500. The summed E-state index contributed by atoms with van der Waals surface area (Å²) < 4.78 is 44.3. The number of benzene rings is 1. The second-order valence-corrected chi connectivity index (χ2v) is 11.4. The standard InChI is InChI=1S/C22H24ClF3IN5O2/c1-20(27,12-7-13(22(24,25)26)9-14(28)8-12)31-17-15-10-32(6-3-16(15)29-19(23)30-17)18(33)21(4-5-21)11-34-2/h7-9H,3-6,10-11,28H2,1-2H3,(H,29,30,31)/t20-/m0/s1. The van der Waals surface area contributed by atoms with Gasteiger partial charge >= 0.3 is 6.18 Å². The van der Waals surface area contributed by atoms with Crippen LogP contribution in [0.15, 0.2) is 18.2 Å². The predicted molar refractivity (Wildman–Crippen MR) is 131 cm³/mol. The molecule has 0 bridgehead atoms. The highest BCUT2D eigenvalue weighted by atomic mass is 127. The highest BCUT2D eigenvalue weighted by Gasteiger charge is 2.52. The van der Waals surface area contributed by atoms with E-state index in [1.165, 1.54) is 6.07 Å². The molecule has 7 nitrogen and oxygen atoms in total. The summed E-state index contributed by atoms with van der Waals surface area (Å²) in [4.78, 5) is 23.6. The number of nitrogens with zero attached hydrogens (tertiary/aromatic N) is 3. The van der Waals surface area contributed by atoms with E-state index in [0.717, 1.165) is 25.0 Å². The van der Waals surface area contributed by atoms with Gasteiger partial charge in [-0.25, -0.2) is 9.97 Å². The molecule has 2 aliphatic rings. The van der Waals surface area contributed by atoms with E-state index in [4.69, 9.17) is 22.1 Å². The lowest BCUT2D eigenvalue weighted by Crippen LogP contribution is -2.43. The van der Waals surface area contributed by atoms with Gasteiger partial charge in [-0.3, -0.25) is 4.79 Å². The van der Waals surface area contributed by atoms with Crippen molar-refractivity contribution in [2.24, 2.45) is 5.41 Å². The molecule has 2 heterocycles. The van der Waals surface area contributed by atoms with E-state index in [-0.39, 0.29) is 23.4 Å². The van der Waals surface area contributed by atoms with Crippen LogP contribution in [0.5, 0.6) is 0 Å². The fourth-order valence-corrected chi connectivity index (χ4v) is 4.98. The zero-order valence-corrected chi connectivity index (χ0v) is 21.5. The van der Waals surface area contributed by atoms with Crippen molar-refractivity contribution in [2.45, 2.75) is 42.5 Å². The summed E-state index contributed by atoms with van der Waals surface area (Å²) in [6, 6.07) is 3.45. The Hall–Kier alpha value is -1.86. The molecular formula is C22H24ClF3IN5O2. The Morgan fingerprint density at radius 1 is 1.29 bits per heavy atom. The van der Waals surface area contributed by atoms with Crippen LogP contribution >= 0.6 is 34.2 Å². The maximum atomic E-state index is 13.4. The summed E-state index contributed by atoms with van der Waals surface area (Å²) >= 11 is 8.17. The molecule has 1 saturated carbocycles. The average molecular weight is 610 g/mol. The zero-order chi connectivity index (χ0) is 24.9. The van der Waals surface area contributed by atoms with Crippen molar-refractivity contribution < 1.29 is 22.7 Å². The number of anilines is 2. The smallest absolute Gasteiger partial charge is 0.399 e. The van der Waals surface area contributed by atoms with Crippen LogP contribution in [-0.2, 0) is 32.2 Å². The maximum Gasteiger partial charge on any atom is 0.416 e. The van der Waals surface area contributed by atoms with Crippen LogP contribution < -0.4 is 11.1 Å². The molecular weight excluding hydrogens is 586 g/mol. The Morgan fingerprint density at radius 3 is 2.59 bits per heavy atom. The van der Waals surface area contributed by atoms with Crippen LogP contribution in [0.3, 0.4) is 0 Å². The third-order valence-electron chi connectivity index (χ3n) is 6.23. The number of amides is 1. The third-order valence-corrected chi connectivity index (χ3v) is 7.29. The molecule has 4 rings (SSSR count). The summed E-state index contributed by atoms with van der Waals surface area (Å²) in [7, 11) is 1.58. The summed E-state index contributed by atoms with van der Waals surface area (Å²) in [6.45, 7) is 2.86. The lowest BCUT2D eigenvalue weighted by molar-refractivity contribution is -0.140. The third kappa shape index (κ3) is 5.06. The Labute approximate surface area is 213 Å². The van der Waals surface area contributed by atoms with Crippen molar-refractivity contribution in [3.63, 3.8) is 0 Å². The Morgan fingerprint density at radius 2 is 1.97 bits per heavy atom. The molecule has 1 aromatic heterocycles. The Bertz CT molecular complexity index is 1120. The summed E-state index contributed by atoms with van der Waals surface area (Å²) in [5, 5.41) is 3.24. The highest BCUT2D eigenvalue weighted by Crippen LogP contribution is 2.48. The van der Waals surface area contributed by atoms with Crippen molar-refractivity contribution in [3.05, 3.63) is 45.9 Å². The van der Waals surface area contributed by atoms with Crippen molar-refractivity contribution >= 4 is 51.6 Å². The highest BCUT2D eigenvalue weighted by molar-refractivity contribution is 14.1. The normalized spacial score (nSPS) is 18.7. The Kier molecular flexibility index (Phi) is 6.66. The summed E-state index contributed by atoms with van der Waals surface area (Å²) in [5.74, 6) is 0.403. The van der Waals surface area contributed by atoms with Gasteiger partial charge in [0.05, 0.1) is 29.8 Å². The van der Waals surface area contributed by atoms with E-state index in [1.54, 1.807) is 18.9 Å². The van der Waals surface area contributed by atoms with Crippen LogP contribution in [0.1, 0.15) is 42.1 Å². The fourth-order valence-electron chi connectivity index (χ4n) is 4.22. The first-order chi connectivity index (χ1) is 15.8. The minimum atomic E-state index is -4.53. The van der Waals surface area contributed by atoms with Gasteiger partial charge in [-0.1, -0.05) is 0 Å². The number of alkyl halides is 4. The van der Waals surface area contributed by atoms with E-state index in [1.807, 2.05) is 22.6 Å². The number of nitrogen functional groups attached to an aromatic ring is 1. The molecule has 0 saturated heterocycles. The number of hydrogen-bond donors (Lipinski definition) is 2. The molecule has 1 aliphatic carbocycles. The van der Waals surface area contributed by atoms with Crippen LogP contribution in [0.4, 0.5) is 24.7 Å². The van der Waals surface area contributed by atoms with Crippen LogP contribution in [0, 0.1) is 5.41 Å². The molecule has 1 atom stereocenters. The maximum absolute atomic E-state index is 13.4.